The van der Waals surface area contributed by atoms with Gasteiger partial charge in [-0.05, 0) is 38.0 Å². The van der Waals surface area contributed by atoms with E-state index in [1.54, 1.807) is 0 Å². The minimum absolute atomic E-state index is 0.182. The Bertz CT molecular complexity index is 338. The highest BCUT2D eigenvalue weighted by molar-refractivity contribution is 5.06. The molecule has 1 fully saturated rings. The molecule has 0 saturated heterocycles. The molecule has 4 heteroatoms. The van der Waals surface area contributed by atoms with Crippen LogP contribution in [0.25, 0.3) is 0 Å². The van der Waals surface area contributed by atoms with Crippen molar-refractivity contribution in [1.29, 1.82) is 0 Å². The average molecular weight is 224 g/mol. The van der Waals surface area contributed by atoms with Crippen LogP contribution in [-0.4, -0.2) is 21.5 Å². The maximum atomic E-state index is 9.99. The largest absolute Gasteiger partial charge is 0.393 e. The maximum absolute atomic E-state index is 9.99. The summed E-state index contributed by atoms with van der Waals surface area (Å²) >= 11 is 0. The van der Waals surface area contributed by atoms with Gasteiger partial charge in [-0.2, -0.15) is 0 Å². The lowest BCUT2D eigenvalue weighted by Gasteiger charge is -2.32. The van der Waals surface area contributed by atoms with Crippen molar-refractivity contribution in [2.45, 2.75) is 52.1 Å². The first-order valence-electron chi connectivity index (χ1n) is 6.16. The molecule has 0 bridgehead atoms. The molecule has 0 spiro atoms. The van der Waals surface area contributed by atoms with E-state index in [1.165, 1.54) is 6.42 Å². The Labute approximate surface area is 96.0 Å². The first-order valence-corrected chi connectivity index (χ1v) is 6.16. The fraction of sp³-hybridized carbons (Fsp3) is 0.833. The minimum Gasteiger partial charge on any atom is -0.393 e. The van der Waals surface area contributed by atoms with Crippen LogP contribution in [0.2, 0.25) is 0 Å². The fourth-order valence-corrected chi connectivity index (χ4v) is 2.62. The third-order valence-corrected chi connectivity index (χ3v) is 3.83. The van der Waals surface area contributed by atoms with E-state index in [1.807, 2.05) is 6.92 Å². The molecule has 0 aliphatic heterocycles. The summed E-state index contributed by atoms with van der Waals surface area (Å²) in [6.45, 7) is 4.13. The lowest BCUT2D eigenvalue weighted by Crippen LogP contribution is -2.30. The number of aliphatic hydroxyl groups excluding tert-OH is 1. The predicted molar refractivity (Wildman–Crippen MR) is 59.9 cm³/mol. The Morgan fingerprint density at radius 1 is 1.38 bits per heavy atom. The van der Waals surface area contributed by atoms with E-state index in [0.29, 0.717) is 5.92 Å². The molecule has 1 heterocycles. The Hall–Kier alpha value is -0.900. The number of rotatable bonds is 3. The molecule has 0 amide bonds. The standard InChI is InChI=1S/C12H20N2O2/c1-3-9-4-5-12(15)10(6-9)7-11-8(2)13-16-14-11/h9-10,12,15H,3-7H2,1-2H3. The molecule has 16 heavy (non-hydrogen) atoms. The number of aliphatic hydroxyl groups is 1. The number of hydrogen-bond donors (Lipinski definition) is 1. The summed E-state index contributed by atoms with van der Waals surface area (Å²) in [5, 5.41) is 17.7. The first-order chi connectivity index (χ1) is 7.70. The Morgan fingerprint density at radius 2 is 2.19 bits per heavy atom. The average Bonchev–Trinajstić information content (AvgIpc) is 2.68. The molecular weight excluding hydrogens is 204 g/mol. The zero-order valence-corrected chi connectivity index (χ0v) is 10.0. The zero-order valence-electron chi connectivity index (χ0n) is 10.0. The third kappa shape index (κ3) is 2.43. The van der Waals surface area contributed by atoms with E-state index in [4.69, 9.17) is 4.63 Å². The van der Waals surface area contributed by atoms with Crippen LogP contribution < -0.4 is 0 Å². The van der Waals surface area contributed by atoms with Crippen molar-refractivity contribution in [3.8, 4) is 0 Å². The molecule has 90 valence electrons. The molecule has 4 nitrogen and oxygen atoms in total. The fourth-order valence-electron chi connectivity index (χ4n) is 2.62. The Morgan fingerprint density at radius 3 is 2.81 bits per heavy atom. The van der Waals surface area contributed by atoms with Gasteiger partial charge in [-0.25, -0.2) is 4.63 Å². The molecule has 1 aliphatic carbocycles. The van der Waals surface area contributed by atoms with Gasteiger partial charge < -0.3 is 5.11 Å². The molecule has 1 aromatic rings. The molecule has 1 N–H and O–H groups in total. The van der Waals surface area contributed by atoms with Crippen LogP contribution >= 0.6 is 0 Å². The predicted octanol–water partition coefficient (Wildman–Crippen LogP) is 2.11. The molecule has 1 saturated carbocycles. The lowest BCUT2D eigenvalue weighted by atomic mass is 9.76. The van der Waals surface area contributed by atoms with E-state index in [2.05, 4.69) is 17.2 Å². The van der Waals surface area contributed by atoms with Gasteiger partial charge in [-0.3, -0.25) is 0 Å². The van der Waals surface area contributed by atoms with Crippen molar-refractivity contribution in [3.05, 3.63) is 11.4 Å². The second-order valence-electron chi connectivity index (χ2n) is 4.92. The van der Waals surface area contributed by atoms with Crippen molar-refractivity contribution in [1.82, 2.24) is 10.3 Å². The topological polar surface area (TPSA) is 59.2 Å². The van der Waals surface area contributed by atoms with Crippen LogP contribution in [0.15, 0.2) is 4.63 Å². The molecule has 1 aliphatic rings. The summed E-state index contributed by atoms with van der Waals surface area (Å²) in [5.41, 5.74) is 1.76. The van der Waals surface area contributed by atoms with Crippen molar-refractivity contribution in [2.75, 3.05) is 0 Å². The van der Waals surface area contributed by atoms with Crippen LogP contribution in [0, 0.1) is 18.8 Å². The highest BCUT2D eigenvalue weighted by Crippen LogP contribution is 2.33. The summed E-state index contributed by atoms with van der Waals surface area (Å²) in [7, 11) is 0. The Balaban J connectivity index is 1.99. The number of hydrogen-bond acceptors (Lipinski definition) is 4. The van der Waals surface area contributed by atoms with Gasteiger partial charge in [0.25, 0.3) is 0 Å². The monoisotopic (exact) mass is 224 g/mol. The summed E-state index contributed by atoms with van der Waals surface area (Å²) in [5.74, 6) is 1.08. The van der Waals surface area contributed by atoms with Gasteiger partial charge in [0, 0.05) is 6.42 Å². The van der Waals surface area contributed by atoms with E-state index >= 15 is 0 Å². The van der Waals surface area contributed by atoms with Gasteiger partial charge in [0.05, 0.1) is 6.10 Å². The van der Waals surface area contributed by atoms with Crippen LogP contribution in [0.1, 0.15) is 44.0 Å². The van der Waals surface area contributed by atoms with E-state index in [9.17, 15) is 5.11 Å². The molecular formula is C12H20N2O2. The minimum atomic E-state index is -0.182. The van der Waals surface area contributed by atoms with Crippen molar-refractivity contribution in [3.63, 3.8) is 0 Å². The smallest absolute Gasteiger partial charge is 0.108 e. The van der Waals surface area contributed by atoms with Gasteiger partial charge in [0.1, 0.15) is 11.4 Å². The molecule has 1 aromatic heterocycles. The molecule has 3 atom stereocenters. The summed E-state index contributed by atoms with van der Waals surface area (Å²) < 4.78 is 4.69. The molecule has 0 radical (unpaired) electrons. The highest BCUT2D eigenvalue weighted by atomic mass is 16.6. The molecule has 0 aromatic carbocycles. The van der Waals surface area contributed by atoms with E-state index < -0.39 is 0 Å². The normalized spacial score (nSPS) is 30.6. The van der Waals surface area contributed by atoms with Gasteiger partial charge in [0.15, 0.2) is 0 Å². The van der Waals surface area contributed by atoms with Gasteiger partial charge in [-0.1, -0.05) is 23.7 Å². The third-order valence-electron chi connectivity index (χ3n) is 3.83. The van der Waals surface area contributed by atoms with Gasteiger partial charge >= 0.3 is 0 Å². The summed E-state index contributed by atoms with van der Waals surface area (Å²) in [4.78, 5) is 0. The summed E-state index contributed by atoms with van der Waals surface area (Å²) in [6.07, 6.45) is 5.01. The quantitative estimate of drug-likeness (QED) is 0.854. The van der Waals surface area contributed by atoms with E-state index in [-0.39, 0.29) is 6.10 Å². The first kappa shape index (κ1) is 11.6. The number of aromatic nitrogens is 2. The van der Waals surface area contributed by atoms with Crippen molar-refractivity contribution in [2.24, 2.45) is 11.8 Å². The molecule has 3 unspecified atom stereocenters. The van der Waals surface area contributed by atoms with E-state index in [0.717, 1.165) is 43.0 Å². The highest BCUT2D eigenvalue weighted by Gasteiger charge is 2.29. The van der Waals surface area contributed by atoms with Gasteiger partial charge in [-0.15, -0.1) is 0 Å². The second-order valence-corrected chi connectivity index (χ2v) is 4.92. The number of nitrogens with zero attached hydrogens (tertiary/aromatic N) is 2. The summed E-state index contributed by atoms with van der Waals surface area (Å²) in [6, 6.07) is 0. The SMILES string of the molecule is CCC1CCC(O)C(Cc2nonc2C)C1. The van der Waals surface area contributed by atoms with Crippen molar-refractivity contribution >= 4 is 0 Å². The zero-order chi connectivity index (χ0) is 11.5. The number of aryl methyl sites for hydroxylation is 1. The van der Waals surface area contributed by atoms with Crippen LogP contribution in [0.3, 0.4) is 0 Å². The lowest BCUT2D eigenvalue weighted by molar-refractivity contribution is 0.0466. The van der Waals surface area contributed by atoms with Crippen LogP contribution in [-0.2, 0) is 6.42 Å². The maximum Gasteiger partial charge on any atom is 0.108 e. The van der Waals surface area contributed by atoms with Crippen LogP contribution in [0.5, 0.6) is 0 Å². The van der Waals surface area contributed by atoms with Crippen LogP contribution in [0.4, 0.5) is 0 Å². The molecule has 2 rings (SSSR count). The Kier molecular flexibility index (Phi) is 3.59. The van der Waals surface area contributed by atoms with Gasteiger partial charge in [0.2, 0.25) is 0 Å². The van der Waals surface area contributed by atoms with Crippen molar-refractivity contribution < 1.29 is 9.74 Å². The second kappa shape index (κ2) is 4.95.